The van der Waals surface area contributed by atoms with Gasteiger partial charge in [-0.2, -0.15) is 0 Å². The lowest BCUT2D eigenvalue weighted by molar-refractivity contribution is -0.122. The molecule has 1 heterocycles. The third-order valence-electron chi connectivity index (χ3n) is 2.81. The highest BCUT2D eigenvalue weighted by molar-refractivity contribution is 9.10. The minimum Gasteiger partial charge on any atom is -0.355 e. The second-order valence-electron chi connectivity index (χ2n) is 4.95. The number of nitrogens with zero attached hydrogens (tertiary/aromatic N) is 1. The van der Waals surface area contributed by atoms with Crippen LogP contribution in [0.3, 0.4) is 0 Å². The minimum absolute atomic E-state index is 0.0794. The van der Waals surface area contributed by atoms with Crippen LogP contribution in [0, 0.1) is 5.92 Å². The van der Waals surface area contributed by atoms with E-state index in [0.717, 1.165) is 13.1 Å². The number of hydrogen-bond donors (Lipinski definition) is 1. The summed E-state index contributed by atoms with van der Waals surface area (Å²) in [5.74, 6) is 0.693. The maximum Gasteiger partial charge on any atom is 0.236 e. The highest BCUT2D eigenvalue weighted by atomic mass is 79.9. The quantitative estimate of drug-likeness (QED) is 0.795. The van der Waals surface area contributed by atoms with Gasteiger partial charge in [-0.1, -0.05) is 15.9 Å². The molecule has 1 amide bonds. The van der Waals surface area contributed by atoms with Gasteiger partial charge in [-0.25, -0.2) is 0 Å². The van der Waals surface area contributed by atoms with Crippen molar-refractivity contribution in [1.82, 2.24) is 10.2 Å². The molecule has 0 aromatic carbocycles. The molecular weight excluding hydrogens is 256 g/mol. The van der Waals surface area contributed by atoms with E-state index in [1.54, 1.807) is 0 Å². The van der Waals surface area contributed by atoms with Crippen molar-refractivity contribution in [3.8, 4) is 0 Å². The molecule has 3 nitrogen and oxygen atoms in total. The molecule has 1 saturated heterocycles. The predicted molar refractivity (Wildman–Crippen MR) is 66.2 cm³/mol. The van der Waals surface area contributed by atoms with Crippen molar-refractivity contribution in [2.24, 2.45) is 5.92 Å². The number of nitrogens with one attached hydrogen (secondary N) is 1. The fourth-order valence-corrected chi connectivity index (χ4v) is 2.03. The number of carbonyl (C=O) groups is 1. The van der Waals surface area contributed by atoms with Crippen LogP contribution in [-0.2, 0) is 4.79 Å². The van der Waals surface area contributed by atoms with Gasteiger partial charge in [-0.3, -0.25) is 4.79 Å². The summed E-state index contributed by atoms with van der Waals surface area (Å²) in [4.78, 5) is 14.0. The maximum absolute atomic E-state index is 11.6. The third kappa shape index (κ3) is 4.51. The Labute approximate surface area is 101 Å². The summed E-state index contributed by atoms with van der Waals surface area (Å²) < 4.78 is -0.451. The van der Waals surface area contributed by atoms with Crippen LogP contribution < -0.4 is 5.32 Å². The van der Waals surface area contributed by atoms with E-state index in [1.807, 2.05) is 13.8 Å². The van der Waals surface area contributed by atoms with E-state index < -0.39 is 4.32 Å². The highest BCUT2D eigenvalue weighted by Crippen LogP contribution is 2.17. The van der Waals surface area contributed by atoms with Crippen LogP contribution in [0.5, 0.6) is 0 Å². The van der Waals surface area contributed by atoms with Crippen LogP contribution in [0.1, 0.15) is 26.7 Å². The predicted octanol–water partition coefficient (Wildman–Crippen LogP) is 1.62. The number of carbonyl (C=O) groups excluding carboxylic acids is 1. The van der Waals surface area contributed by atoms with Gasteiger partial charge in [-0.05, 0) is 46.2 Å². The highest BCUT2D eigenvalue weighted by Gasteiger charge is 2.25. The van der Waals surface area contributed by atoms with Gasteiger partial charge >= 0.3 is 0 Å². The normalized spacial score (nSPS) is 23.9. The topological polar surface area (TPSA) is 32.3 Å². The molecule has 0 spiro atoms. The molecule has 0 saturated carbocycles. The maximum atomic E-state index is 11.6. The van der Waals surface area contributed by atoms with Crippen molar-refractivity contribution in [2.75, 3.05) is 26.7 Å². The van der Waals surface area contributed by atoms with Gasteiger partial charge in [0, 0.05) is 13.1 Å². The standard InChI is InChI=1S/C11H21BrN2O/c1-11(2,12)10(15)13-7-9-5-4-6-14(3)8-9/h9H,4-8H2,1-3H3,(H,13,15). The number of alkyl halides is 1. The Hall–Kier alpha value is -0.0900. The molecule has 15 heavy (non-hydrogen) atoms. The molecule has 1 unspecified atom stereocenters. The fraction of sp³-hybridized carbons (Fsp3) is 0.909. The SMILES string of the molecule is CN1CCCC(CNC(=O)C(C)(C)Br)C1. The summed E-state index contributed by atoms with van der Waals surface area (Å²) >= 11 is 3.36. The lowest BCUT2D eigenvalue weighted by Crippen LogP contribution is -2.43. The zero-order valence-corrected chi connectivity index (χ0v) is 11.4. The number of rotatable bonds is 3. The lowest BCUT2D eigenvalue weighted by Gasteiger charge is -2.30. The Bertz CT molecular complexity index is 225. The van der Waals surface area contributed by atoms with Gasteiger partial charge < -0.3 is 10.2 Å². The second kappa shape index (κ2) is 5.30. The van der Waals surface area contributed by atoms with Gasteiger partial charge in [0.2, 0.25) is 5.91 Å². The summed E-state index contributed by atoms with van der Waals surface area (Å²) in [6.45, 7) is 6.83. The molecule has 0 aromatic heterocycles. The first-order valence-electron chi connectivity index (χ1n) is 5.55. The molecule has 0 radical (unpaired) electrons. The molecule has 1 N–H and O–H groups in total. The Morgan fingerprint density at radius 2 is 2.27 bits per heavy atom. The van der Waals surface area contributed by atoms with Crippen molar-refractivity contribution >= 4 is 21.8 Å². The van der Waals surface area contributed by atoms with Crippen molar-refractivity contribution in [2.45, 2.75) is 31.0 Å². The second-order valence-corrected chi connectivity index (χ2v) is 6.94. The van der Waals surface area contributed by atoms with Crippen LogP contribution >= 0.6 is 15.9 Å². The van der Waals surface area contributed by atoms with Crippen molar-refractivity contribution in [3.05, 3.63) is 0 Å². The van der Waals surface area contributed by atoms with E-state index in [-0.39, 0.29) is 5.91 Å². The van der Waals surface area contributed by atoms with Crippen molar-refractivity contribution in [1.29, 1.82) is 0 Å². The summed E-state index contributed by atoms with van der Waals surface area (Å²) in [6, 6.07) is 0. The molecule has 0 aromatic rings. The van der Waals surface area contributed by atoms with Gasteiger partial charge in [0.25, 0.3) is 0 Å². The van der Waals surface area contributed by atoms with E-state index in [9.17, 15) is 4.79 Å². The smallest absolute Gasteiger partial charge is 0.236 e. The van der Waals surface area contributed by atoms with E-state index >= 15 is 0 Å². The molecule has 4 heteroatoms. The Morgan fingerprint density at radius 1 is 1.60 bits per heavy atom. The van der Waals surface area contributed by atoms with Gasteiger partial charge in [0.1, 0.15) is 0 Å². The lowest BCUT2D eigenvalue weighted by atomic mass is 9.98. The Kier molecular flexibility index (Phi) is 4.59. The zero-order chi connectivity index (χ0) is 11.5. The molecule has 1 aliphatic heterocycles. The average molecular weight is 277 g/mol. The average Bonchev–Trinajstić information content (AvgIpc) is 2.12. The Morgan fingerprint density at radius 3 is 2.80 bits per heavy atom. The molecule has 1 fully saturated rings. The molecule has 88 valence electrons. The number of amides is 1. The monoisotopic (exact) mass is 276 g/mol. The van der Waals surface area contributed by atoms with E-state index in [1.165, 1.54) is 19.4 Å². The van der Waals surface area contributed by atoms with Crippen molar-refractivity contribution < 1.29 is 4.79 Å². The van der Waals surface area contributed by atoms with Gasteiger partial charge in [0.15, 0.2) is 0 Å². The number of halogens is 1. The van der Waals surface area contributed by atoms with Crippen molar-refractivity contribution in [3.63, 3.8) is 0 Å². The molecular formula is C11H21BrN2O. The first-order valence-corrected chi connectivity index (χ1v) is 6.34. The van der Waals surface area contributed by atoms with Crippen LogP contribution in [0.25, 0.3) is 0 Å². The summed E-state index contributed by atoms with van der Waals surface area (Å²) in [5, 5.41) is 3.00. The molecule has 1 rings (SSSR count). The fourth-order valence-electron chi connectivity index (χ4n) is 1.89. The summed E-state index contributed by atoms with van der Waals surface area (Å²) in [6.07, 6.45) is 2.47. The van der Waals surface area contributed by atoms with E-state index in [0.29, 0.717) is 5.92 Å². The Balaban J connectivity index is 2.28. The van der Waals surface area contributed by atoms with Gasteiger partial charge in [0.05, 0.1) is 4.32 Å². The summed E-state index contributed by atoms with van der Waals surface area (Å²) in [5.41, 5.74) is 0. The van der Waals surface area contributed by atoms with E-state index in [4.69, 9.17) is 0 Å². The van der Waals surface area contributed by atoms with Crippen LogP contribution in [0.2, 0.25) is 0 Å². The molecule has 0 aliphatic carbocycles. The number of hydrogen-bond acceptors (Lipinski definition) is 2. The molecule has 0 bridgehead atoms. The van der Waals surface area contributed by atoms with Crippen LogP contribution in [0.15, 0.2) is 0 Å². The van der Waals surface area contributed by atoms with Crippen LogP contribution in [-0.4, -0.2) is 41.8 Å². The molecule has 1 atom stereocenters. The first-order chi connectivity index (χ1) is 6.89. The zero-order valence-electron chi connectivity index (χ0n) is 9.85. The van der Waals surface area contributed by atoms with E-state index in [2.05, 4.69) is 33.2 Å². The van der Waals surface area contributed by atoms with Gasteiger partial charge in [-0.15, -0.1) is 0 Å². The largest absolute Gasteiger partial charge is 0.355 e. The van der Waals surface area contributed by atoms with Crippen LogP contribution in [0.4, 0.5) is 0 Å². The number of likely N-dealkylation sites (tertiary alicyclic amines) is 1. The first kappa shape index (κ1) is 13.0. The number of piperidine rings is 1. The minimum atomic E-state index is -0.451. The molecule has 1 aliphatic rings. The third-order valence-corrected chi connectivity index (χ3v) is 3.17. The summed E-state index contributed by atoms with van der Waals surface area (Å²) in [7, 11) is 2.14.